The summed E-state index contributed by atoms with van der Waals surface area (Å²) < 4.78 is 5.37. The summed E-state index contributed by atoms with van der Waals surface area (Å²) in [5.41, 5.74) is -0.444. The maximum absolute atomic E-state index is 12.0. The van der Waals surface area contributed by atoms with E-state index in [2.05, 4.69) is 10.6 Å². The number of nitrogens with one attached hydrogen (secondary N) is 2. The molecule has 0 saturated carbocycles. The van der Waals surface area contributed by atoms with Gasteiger partial charge in [0, 0.05) is 19.6 Å². The van der Waals surface area contributed by atoms with E-state index in [1.165, 1.54) is 0 Å². The average Bonchev–Trinajstić information content (AvgIpc) is 2.36. The van der Waals surface area contributed by atoms with Crippen LogP contribution in [-0.2, 0) is 9.53 Å². The molecule has 0 aromatic carbocycles. The standard InChI is InChI=1S/C12H26N2O4/c1-8(12(2,3)18-5)10(13-4)11(17)14-6-9(16)7-15/h8-10,13,15-16H,6-7H2,1-5H3,(H,14,17). The zero-order chi connectivity index (χ0) is 14.3. The summed E-state index contributed by atoms with van der Waals surface area (Å²) in [6.45, 7) is 5.42. The summed E-state index contributed by atoms with van der Waals surface area (Å²) >= 11 is 0. The largest absolute Gasteiger partial charge is 0.394 e. The van der Waals surface area contributed by atoms with Crippen molar-refractivity contribution in [2.75, 3.05) is 27.3 Å². The molecule has 4 N–H and O–H groups in total. The molecule has 6 nitrogen and oxygen atoms in total. The number of rotatable bonds is 8. The normalized spacial score (nSPS) is 17.1. The van der Waals surface area contributed by atoms with E-state index in [0.717, 1.165) is 0 Å². The Morgan fingerprint density at radius 1 is 1.44 bits per heavy atom. The van der Waals surface area contributed by atoms with Gasteiger partial charge in [-0.25, -0.2) is 0 Å². The van der Waals surface area contributed by atoms with Crippen molar-refractivity contribution in [1.29, 1.82) is 0 Å². The molecule has 0 rings (SSSR count). The zero-order valence-electron chi connectivity index (χ0n) is 11.9. The van der Waals surface area contributed by atoms with Crippen molar-refractivity contribution in [3.63, 3.8) is 0 Å². The summed E-state index contributed by atoms with van der Waals surface area (Å²) in [5, 5.41) is 23.4. The first-order valence-corrected chi connectivity index (χ1v) is 6.09. The Morgan fingerprint density at radius 2 is 2.00 bits per heavy atom. The van der Waals surface area contributed by atoms with Crippen LogP contribution in [0.3, 0.4) is 0 Å². The number of methoxy groups -OCH3 is 1. The fraction of sp³-hybridized carbons (Fsp3) is 0.917. The highest BCUT2D eigenvalue weighted by atomic mass is 16.5. The molecule has 0 spiro atoms. The van der Waals surface area contributed by atoms with Crippen LogP contribution in [-0.4, -0.2) is 61.2 Å². The van der Waals surface area contributed by atoms with Gasteiger partial charge in [-0.3, -0.25) is 4.79 Å². The van der Waals surface area contributed by atoms with Crippen LogP contribution in [0.15, 0.2) is 0 Å². The van der Waals surface area contributed by atoms with Gasteiger partial charge in [-0.05, 0) is 20.9 Å². The van der Waals surface area contributed by atoms with E-state index < -0.39 is 17.7 Å². The number of aliphatic hydroxyl groups excluding tert-OH is 2. The molecule has 0 aliphatic rings. The van der Waals surface area contributed by atoms with Crippen molar-refractivity contribution in [3.05, 3.63) is 0 Å². The average molecular weight is 262 g/mol. The number of hydrogen-bond donors (Lipinski definition) is 4. The van der Waals surface area contributed by atoms with Gasteiger partial charge in [0.2, 0.25) is 5.91 Å². The van der Waals surface area contributed by atoms with Gasteiger partial charge in [-0.2, -0.15) is 0 Å². The van der Waals surface area contributed by atoms with Gasteiger partial charge in [-0.1, -0.05) is 6.92 Å². The maximum Gasteiger partial charge on any atom is 0.237 e. The lowest BCUT2D eigenvalue weighted by Crippen LogP contribution is -2.54. The molecule has 0 radical (unpaired) electrons. The van der Waals surface area contributed by atoms with Gasteiger partial charge in [0.15, 0.2) is 0 Å². The van der Waals surface area contributed by atoms with Crippen LogP contribution in [0.2, 0.25) is 0 Å². The third-order valence-corrected chi connectivity index (χ3v) is 3.44. The zero-order valence-corrected chi connectivity index (χ0v) is 11.9. The van der Waals surface area contributed by atoms with Crippen LogP contribution < -0.4 is 10.6 Å². The molecular weight excluding hydrogens is 236 g/mol. The minimum absolute atomic E-state index is 0.0354. The van der Waals surface area contributed by atoms with Crippen LogP contribution in [0.25, 0.3) is 0 Å². The molecule has 0 aromatic heterocycles. The predicted molar refractivity (Wildman–Crippen MR) is 69.2 cm³/mol. The van der Waals surface area contributed by atoms with E-state index in [4.69, 9.17) is 9.84 Å². The lowest BCUT2D eigenvalue weighted by Gasteiger charge is -2.35. The molecule has 0 aliphatic heterocycles. The second-order valence-electron chi connectivity index (χ2n) is 4.94. The molecule has 1 amide bonds. The maximum atomic E-state index is 12.0. The molecule has 0 saturated heterocycles. The summed E-state index contributed by atoms with van der Waals surface area (Å²) in [4.78, 5) is 12.0. The van der Waals surface area contributed by atoms with Gasteiger partial charge >= 0.3 is 0 Å². The second kappa shape index (κ2) is 7.68. The van der Waals surface area contributed by atoms with Gasteiger partial charge in [0.25, 0.3) is 0 Å². The summed E-state index contributed by atoms with van der Waals surface area (Å²) in [5.74, 6) is -0.276. The van der Waals surface area contributed by atoms with Crippen LogP contribution >= 0.6 is 0 Å². The Morgan fingerprint density at radius 3 is 2.39 bits per heavy atom. The Labute approximate surface area is 109 Å². The molecule has 0 bridgehead atoms. The first-order chi connectivity index (χ1) is 8.30. The number of likely N-dealkylation sites (N-methyl/N-ethyl adjacent to an activating group) is 1. The van der Waals surface area contributed by atoms with E-state index in [1.807, 2.05) is 20.8 Å². The molecule has 0 fully saturated rings. The van der Waals surface area contributed by atoms with E-state index in [9.17, 15) is 9.90 Å². The van der Waals surface area contributed by atoms with Gasteiger partial charge in [0.1, 0.15) is 0 Å². The first kappa shape index (κ1) is 17.3. The molecule has 0 heterocycles. The SMILES string of the molecule is CNC(C(=O)NCC(O)CO)C(C)C(C)(C)OC. The summed E-state index contributed by atoms with van der Waals surface area (Å²) in [7, 11) is 3.31. The Bertz CT molecular complexity index is 258. The molecule has 108 valence electrons. The highest BCUT2D eigenvalue weighted by molar-refractivity contribution is 5.82. The Kier molecular flexibility index (Phi) is 7.39. The van der Waals surface area contributed by atoms with Crippen LogP contribution in [0.5, 0.6) is 0 Å². The fourth-order valence-corrected chi connectivity index (χ4v) is 1.59. The summed E-state index contributed by atoms with van der Waals surface area (Å²) in [6, 6.07) is -0.425. The minimum Gasteiger partial charge on any atom is -0.394 e. The van der Waals surface area contributed by atoms with Crippen molar-refractivity contribution >= 4 is 5.91 Å². The number of ether oxygens (including phenoxy) is 1. The van der Waals surface area contributed by atoms with Gasteiger partial charge in [0.05, 0.1) is 24.4 Å². The van der Waals surface area contributed by atoms with Crippen LogP contribution in [0.4, 0.5) is 0 Å². The Balaban J connectivity index is 4.53. The summed E-state index contributed by atoms with van der Waals surface area (Å²) in [6.07, 6.45) is -0.933. The molecular formula is C12H26N2O4. The smallest absolute Gasteiger partial charge is 0.237 e. The van der Waals surface area contributed by atoms with E-state index in [-0.39, 0.29) is 25.0 Å². The highest BCUT2D eigenvalue weighted by Crippen LogP contribution is 2.23. The highest BCUT2D eigenvalue weighted by Gasteiger charge is 2.35. The third-order valence-electron chi connectivity index (χ3n) is 3.44. The third kappa shape index (κ3) is 4.89. The molecule has 3 unspecified atom stereocenters. The number of amides is 1. The number of hydrogen-bond acceptors (Lipinski definition) is 5. The Hall–Kier alpha value is -0.690. The lowest BCUT2D eigenvalue weighted by molar-refractivity contribution is -0.128. The monoisotopic (exact) mass is 262 g/mol. The molecule has 0 aliphatic carbocycles. The second-order valence-corrected chi connectivity index (χ2v) is 4.94. The van der Waals surface area contributed by atoms with E-state index in [1.54, 1.807) is 14.2 Å². The number of carbonyl (C=O) groups is 1. The van der Waals surface area contributed by atoms with Crippen LogP contribution in [0.1, 0.15) is 20.8 Å². The van der Waals surface area contributed by atoms with Crippen molar-refractivity contribution < 1.29 is 19.7 Å². The number of carbonyl (C=O) groups excluding carboxylic acids is 1. The van der Waals surface area contributed by atoms with Gasteiger partial charge < -0.3 is 25.6 Å². The predicted octanol–water partition coefficient (Wildman–Crippen LogP) is -0.895. The van der Waals surface area contributed by atoms with Gasteiger partial charge in [-0.15, -0.1) is 0 Å². The molecule has 0 aromatic rings. The van der Waals surface area contributed by atoms with Crippen molar-refractivity contribution in [3.8, 4) is 0 Å². The fourth-order valence-electron chi connectivity index (χ4n) is 1.59. The van der Waals surface area contributed by atoms with Crippen molar-refractivity contribution in [2.45, 2.75) is 38.5 Å². The number of aliphatic hydroxyl groups is 2. The van der Waals surface area contributed by atoms with E-state index in [0.29, 0.717) is 0 Å². The lowest BCUT2D eigenvalue weighted by atomic mass is 9.85. The first-order valence-electron chi connectivity index (χ1n) is 6.09. The molecule has 3 atom stereocenters. The van der Waals surface area contributed by atoms with Crippen LogP contribution in [0, 0.1) is 5.92 Å². The van der Waals surface area contributed by atoms with Crippen molar-refractivity contribution in [1.82, 2.24) is 10.6 Å². The minimum atomic E-state index is -0.933. The van der Waals surface area contributed by atoms with E-state index >= 15 is 0 Å². The quantitative estimate of drug-likeness (QED) is 0.455. The topological polar surface area (TPSA) is 90.8 Å². The van der Waals surface area contributed by atoms with Crippen molar-refractivity contribution in [2.24, 2.45) is 5.92 Å². The molecule has 6 heteroatoms. The molecule has 18 heavy (non-hydrogen) atoms.